The van der Waals surface area contributed by atoms with Crippen molar-refractivity contribution in [1.29, 1.82) is 0 Å². The van der Waals surface area contributed by atoms with Crippen molar-refractivity contribution in [3.8, 4) is 10.6 Å². The van der Waals surface area contributed by atoms with Gasteiger partial charge in [-0.25, -0.2) is 0 Å². The van der Waals surface area contributed by atoms with Crippen molar-refractivity contribution in [3.05, 3.63) is 52.6 Å². The van der Waals surface area contributed by atoms with Gasteiger partial charge in [-0.2, -0.15) is 0 Å². The lowest BCUT2D eigenvalue weighted by atomic mass is 9.96. The zero-order valence-corrected chi connectivity index (χ0v) is 16.9. The molecular formula is C19H18BrN5OS. The summed E-state index contributed by atoms with van der Waals surface area (Å²) in [5.41, 5.74) is 1.62. The molecule has 8 heteroatoms. The Morgan fingerprint density at radius 1 is 1.15 bits per heavy atom. The highest BCUT2D eigenvalue weighted by Crippen LogP contribution is 2.30. The van der Waals surface area contributed by atoms with Crippen LogP contribution < -0.4 is 10.2 Å². The number of carbonyl (C=O) groups is 1. The molecule has 0 unspecified atom stereocenters. The second-order valence-corrected chi connectivity index (χ2v) is 8.84. The summed E-state index contributed by atoms with van der Waals surface area (Å²) < 4.78 is 1.08. The molecule has 0 atom stereocenters. The van der Waals surface area contributed by atoms with Gasteiger partial charge in [0.25, 0.3) is 0 Å². The van der Waals surface area contributed by atoms with Gasteiger partial charge >= 0.3 is 0 Å². The number of piperidine rings is 1. The molecule has 0 bridgehead atoms. The lowest BCUT2D eigenvalue weighted by molar-refractivity contribution is -0.120. The van der Waals surface area contributed by atoms with E-state index in [2.05, 4.69) is 41.3 Å². The number of amides is 1. The molecule has 4 heterocycles. The van der Waals surface area contributed by atoms with Crippen LogP contribution in [-0.4, -0.2) is 34.2 Å². The minimum absolute atomic E-state index is 0.0113. The fraction of sp³-hybridized carbons (Fsp3) is 0.263. The first kappa shape index (κ1) is 18.1. The van der Waals surface area contributed by atoms with Crippen molar-refractivity contribution >= 4 is 44.7 Å². The maximum Gasteiger partial charge on any atom is 0.227 e. The number of rotatable bonds is 4. The van der Waals surface area contributed by atoms with Crippen LogP contribution >= 0.6 is 27.3 Å². The van der Waals surface area contributed by atoms with Crippen LogP contribution in [0.1, 0.15) is 12.8 Å². The molecular weight excluding hydrogens is 426 g/mol. The van der Waals surface area contributed by atoms with Crippen molar-refractivity contribution in [2.45, 2.75) is 12.8 Å². The SMILES string of the molecule is O=C(Nc1cccnc1)C1CCN(c2ccc(-c3ccc(Br)s3)nn2)CC1. The first-order valence-electron chi connectivity index (χ1n) is 8.74. The lowest BCUT2D eigenvalue weighted by Gasteiger charge is -2.31. The van der Waals surface area contributed by atoms with Crippen LogP contribution in [0.3, 0.4) is 0 Å². The average molecular weight is 444 g/mol. The van der Waals surface area contributed by atoms with Crippen LogP contribution in [0.15, 0.2) is 52.6 Å². The third kappa shape index (κ3) is 4.33. The summed E-state index contributed by atoms with van der Waals surface area (Å²) in [6, 6.07) is 11.7. The van der Waals surface area contributed by atoms with Crippen molar-refractivity contribution in [2.24, 2.45) is 5.92 Å². The molecule has 1 N–H and O–H groups in total. The van der Waals surface area contributed by atoms with E-state index in [1.54, 1.807) is 23.7 Å². The maximum atomic E-state index is 12.4. The zero-order valence-electron chi connectivity index (χ0n) is 14.5. The Morgan fingerprint density at radius 2 is 2.00 bits per heavy atom. The predicted molar refractivity (Wildman–Crippen MR) is 111 cm³/mol. The van der Waals surface area contributed by atoms with E-state index >= 15 is 0 Å². The van der Waals surface area contributed by atoms with Crippen LogP contribution in [0.2, 0.25) is 0 Å². The highest BCUT2D eigenvalue weighted by atomic mass is 79.9. The molecule has 0 spiro atoms. The summed E-state index contributed by atoms with van der Waals surface area (Å²) in [5.74, 6) is 0.935. The van der Waals surface area contributed by atoms with Crippen LogP contribution in [-0.2, 0) is 4.79 Å². The highest BCUT2D eigenvalue weighted by molar-refractivity contribution is 9.11. The topological polar surface area (TPSA) is 71.0 Å². The van der Waals surface area contributed by atoms with E-state index in [1.165, 1.54) is 0 Å². The zero-order chi connectivity index (χ0) is 18.6. The second-order valence-electron chi connectivity index (χ2n) is 6.37. The molecule has 1 aliphatic rings. The van der Waals surface area contributed by atoms with Gasteiger partial charge in [-0.05, 0) is 65.2 Å². The molecule has 1 fully saturated rings. The third-order valence-corrected chi connectivity index (χ3v) is 6.24. The van der Waals surface area contributed by atoms with Gasteiger partial charge in [-0.3, -0.25) is 9.78 Å². The minimum Gasteiger partial charge on any atom is -0.355 e. The highest BCUT2D eigenvalue weighted by Gasteiger charge is 2.26. The van der Waals surface area contributed by atoms with Gasteiger partial charge < -0.3 is 10.2 Å². The van der Waals surface area contributed by atoms with E-state index in [0.29, 0.717) is 0 Å². The first-order chi connectivity index (χ1) is 13.2. The molecule has 1 saturated heterocycles. The molecule has 1 amide bonds. The monoisotopic (exact) mass is 443 g/mol. The van der Waals surface area contributed by atoms with Crippen LogP contribution in [0.5, 0.6) is 0 Å². The summed E-state index contributed by atoms with van der Waals surface area (Å²) >= 11 is 5.11. The van der Waals surface area contributed by atoms with Crippen LogP contribution in [0, 0.1) is 5.92 Å². The number of hydrogen-bond acceptors (Lipinski definition) is 6. The molecule has 0 saturated carbocycles. The Morgan fingerprint density at radius 3 is 2.63 bits per heavy atom. The smallest absolute Gasteiger partial charge is 0.227 e. The van der Waals surface area contributed by atoms with Gasteiger partial charge in [-0.1, -0.05) is 0 Å². The van der Waals surface area contributed by atoms with Crippen LogP contribution in [0.4, 0.5) is 11.5 Å². The van der Waals surface area contributed by atoms with Gasteiger partial charge in [0.05, 0.1) is 20.5 Å². The van der Waals surface area contributed by atoms with E-state index in [-0.39, 0.29) is 11.8 Å². The largest absolute Gasteiger partial charge is 0.355 e. The quantitative estimate of drug-likeness (QED) is 0.653. The van der Waals surface area contributed by atoms with Gasteiger partial charge in [0.15, 0.2) is 5.82 Å². The maximum absolute atomic E-state index is 12.4. The number of hydrogen-bond donors (Lipinski definition) is 1. The summed E-state index contributed by atoms with van der Waals surface area (Å²) in [4.78, 5) is 19.7. The van der Waals surface area contributed by atoms with Gasteiger partial charge in [-0.15, -0.1) is 21.5 Å². The van der Waals surface area contributed by atoms with E-state index in [0.717, 1.165) is 51.8 Å². The van der Waals surface area contributed by atoms with Gasteiger partial charge in [0.1, 0.15) is 5.69 Å². The number of nitrogens with zero attached hydrogens (tertiary/aromatic N) is 4. The van der Waals surface area contributed by atoms with Crippen LogP contribution in [0.25, 0.3) is 10.6 Å². The number of pyridine rings is 1. The number of aromatic nitrogens is 3. The Hall–Kier alpha value is -2.32. The van der Waals surface area contributed by atoms with E-state index in [4.69, 9.17) is 0 Å². The summed E-state index contributed by atoms with van der Waals surface area (Å²) in [5, 5.41) is 11.7. The summed E-state index contributed by atoms with van der Waals surface area (Å²) in [6.07, 6.45) is 4.95. The van der Waals surface area contributed by atoms with Crippen molar-refractivity contribution < 1.29 is 4.79 Å². The Bertz CT molecular complexity index is 907. The number of carbonyl (C=O) groups excluding carboxylic acids is 1. The lowest BCUT2D eigenvalue weighted by Crippen LogP contribution is -2.38. The van der Waals surface area contributed by atoms with Gasteiger partial charge in [0.2, 0.25) is 5.91 Å². The Balaban J connectivity index is 1.34. The Kier molecular flexibility index (Phi) is 5.45. The minimum atomic E-state index is 0.0113. The number of nitrogens with one attached hydrogen (secondary N) is 1. The summed E-state index contributed by atoms with van der Waals surface area (Å²) in [6.45, 7) is 1.59. The molecule has 0 aliphatic carbocycles. The normalized spacial score (nSPS) is 14.9. The molecule has 3 aromatic heterocycles. The molecule has 0 radical (unpaired) electrons. The molecule has 1 aliphatic heterocycles. The van der Waals surface area contributed by atoms with Crippen molar-refractivity contribution in [3.63, 3.8) is 0 Å². The number of thiophene rings is 1. The second kappa shape index (κ2) is 8.14. The molecule has 3 aromatic rings. The third-order valence-electron chi connectivity index (χ3n) is 4.59. The van der Waals surface area contributed by atoms with E-state index in [9.17, 15) is 4.79 Å². The average Bonchev–Trinajstić information content (AvgIpc) is 3.15. The Labute approximate surface area is 169 Å². The molecule has 0 aromatic carbocycles. The molecule has 4 rings (SSSR count). The van der Waals surface area contributed by atoms with E-state index in [1.807, 2.05) is 36.4 Å². The molecule has 138 valence electrons. The molecule has 27 heavy (non-hydrogen) atoms. The number of anilines is 2. The van der Waals surface area contributed by atoms with Crippen molar-refractivity contribution in [1.82, 2.24) is 15.2 Å². The first-order valence-corrected chi connectivity index (χ1v) is 10.4. The fourth-order valence-electron chi connectivity index (χ4n) is 3.13. The van der Waals surface area contributed by atoms with Gasteiger partial charge in [0, 0.05) is 25.2 Å². The molecule has 6 nitrogen and oxygen atoms in total. The predicted octanol–water partition coefficient (Wildman–Crippen LogP) is 4.22. The van der Waals surface area contributed by atoms with E-state index < -0.39 is 0 Å². The van der Waals surface area contributed by atoms with Crippen molar-refractivity contribution in [2.75, 3.05) is 23.3 Å². The summed E-state index contributed by atoms with van der Waals surface area (Å²) in [7, 11) is 0. The fourth-order valence-corrected chi connectivity index (χ4v) is 4.48. The standard InChI is InChI=1S/C19H18BrN5OS/c20-17-5-4-16(27-17)15-3-6-18(24-23-15)25-10-7-13(8-11-25)19(26)22-14-2-1-9-21-12-14/h1-6,9,12-13H,7-8,10-11H2,(H,22,26). The number of halogens is 1.